The normalized spacial score (nSPS) is 11.4. The maximum atomic E-state index is 12.8. The van der Waals surface area contributed by atoms with Crippen LogP contribution in [0, 0.1) is 6.92 Å². The van der Waals surface area contributed by atoms with E-state index in [1.807, 2.05) is 39.8 Å². The second-order valence-corrected chi connectivity index (χ2v) is 9.19. The summed E-state index contributed by atoms with van der Waals surface area (Å²) in [5.74, 6) is 1.40. The van der Waals surface area contributed by atoms with Gasteiger partial charge in [0.15, 0.2) is 0 Å². The number of aromatic amines is 1. The van der Waals surface area contributed by atoms with Gasteiger partial charge < -0.3 is 10.1 Å². The van der Waals surface area contributed by atoms with Crippen molar-refractivity contribution < 1.29 is 9.53 Å². The van der Waals surface area contributed by atoms with Gasteiger partial charge in [-0.3, -0.25) is 15.1 Å². The minimum absolute atomic E-state index is 0.213. The molecule has 34 heavy (non-hydrogen) atoms. The first-order chi connectivity index (χ1) is 16.1. The minimum Gasteiger partial charge on any atom is -0.494 e. The molecule has 0 radical (unpaired) electrons. The lowest BCUT2D eigenvalue weighted by molar-refractivity contribution is 0.262. The fourth-order valence-corrected chi connectivity index (χ4v) is 3.36. The maximum Gasteiger partial charge on any atom is 0.324 e. The van der Waals surface area contributed by atoms with E-state index in [1.54, 1.807) is 25.1 Å². The molecule has 0 atom stereocenters. The number of unbranched alkanes of at least 4 members (excludes halogenated alkanes) is 1. The number of anilines is 2. The van der Waals surface area contributed by atoms with Crippen molar-refractivity contribution >= 4 is 17.5 Å². The number of hydrogen-bond acceptors (Lipinski definition) is 5. The summed E-state index contributed by atoms with van der Waals surface area (Å²) in [6.07, 6.45) is 2.64. The van der Waals surface area contributed by atoms with Gasteiger partial charge in [0.25, 0.3) is 5.56 Å². The number of hydrogen-bond donors (Lipinski definition) is 3. The molecule has 3 aromatic rings. The molecular weight excluding hydrogens is 432 g/mol. The molecular formula is C25H34N6O3. The third kappa shape index (κ3) is 6.03. The standard InChI is InChI=1S/C25H34N6O3/c1-7-9-14-34-18-12-10-17(11-13-18)27-24(33)28-21-15-20(25(4,5)6)30-31(21)23-26-16(3)19(8-2)22(32)29-23/h10-13,15H,7-9,14H2,1-6H3,(H,26,29,32)(H2,27,28,33). The SMILES string of the molecule is CCCCOc1ccc(NC(=O)Nc2cc(C(C)(C)C)nn2-c2nc(C)c(CC)c(=O)[nH]2)cc1. The Morgan fingerprint density at radius 2 is 1.85 bits per heavy atom. The monoisotopic (exact) mass is 466 g/mol. The molecule has 2 heterocycles. The Morgan fingerprint density at radius 1 is 1.15 bits per heavy atom. The van der Waals surface area contributed by atoms with E-state index >= 15 is 0 Å². The highest BCUT2D eigenvalue weighted by atomic mass is 16.5. The molecule has 0 unspecified atom stereocenters. The van der Waals surface area contributed by atoms with Crippen molar-refractivity contribution in [3.8, 4) is 11.7 Å². The lowest BCUT2D eigenvalue weighted by Crippen LogP contribution is -2.24. The van der Waals surface area contributed by atoms with E-state index in [9.17, 15) is 9.59 Å². The number of urea groups is 1. The van der Waals surface area contributed by atoms with Crippen LogP contribution in [0.5, 0.6) is 5.75 Å². The van der Waals surface area contributed by atoms with Crippen LogP contribution in [0.4, 0.5) is 16.3 Å². The zero-order valence-corrected chi connectivity index (χ0v) is 20.8. The number of carbonyl (C=O) groups is 1. The summed E-state index contributed by atoms with van der Waals surface area (Å²) in [6, 6.07) is 8.55. The summed E-state index contributed by atoms with van der Waals surface area (Å²) in [7, 11) is 0. The largest absolute Gasteiger partial charge is 0.494 e. The van der Waals surface area contributed by atoms with Crippen LogP contribution in [-0.4, -0.2) is 32.4 Å². The van der Waals surface area contributed by atoms with E-state index in [4.69, 9.17) is 4.74 Å². The highest BCUT2D eigenvalue weighted by Gasteiger charge is 2.23. The molecule has 3 rings (SSSR count). The first-order valence-corrected chi connectivity index (χ1v) is 11.6. The summed E-state index contributed by atoms with van der Waals surface area (Å²) in [5.41, 5.74) is 2.14. The number of H-pyrrole nitrogens is 1. The van der Waals surface area contributed by atoms with E-state index in [0.717, 1.165) is 24.3 Å². The topological polar surface area (TPSA) is 114 Å². The van der Waals surface area contributed by atoms with Crippen LogP contribution in [0.2, 0.25) is 0 Å². The second-order valence-electron chi connectivity index (χ2n) is 9.19. The average Bonchev–Trinajstić information content (AvgIpc) is 3.19. The molecule has 0 saturated carbocycles. The number of ether oxygens (including phenoxy) is 1. The van der Waals surface area contributed by atoms with E-state index in [1.165, 1.54) is 4.68 Å². The summed E-state index contributed by atoms with van der Waals surface area (Å²) in [4.78, 5) is 32.6. The zero-order chi connectivity index (χ0) is 24.9. The van der Waals surface area contributed by atoms with Crippen molar-refractivity contribution in [1.29, 1.82) is 0 Å². The van der Waals surface area contributed by atoms with Crippen molar-refractivity contribution in [2.45, 2.75) is 66.2 Å². The van der Waals surface area contributed by atoms with E-state index < -0.39 is 6.03 Å². The van der Waals surface area contributed by atoms with Gasteiger partial charge in [0.1, 0.15) is 11.6 Å². The number of nitrogens with one attached hydrogen (secondary N) is 3. The molecule has 0 bridgehead atoms. The Kier molecular flexibility index (Phi) is 7.75. The van der Waals surface area contributed by atoms with Crippen LogP contribution < -0.4 is 20.9 Å². The number of aryl methyl sites for hydroxylation is 1. The van der Waals surface area contributed by atoms with Gasteiger partial charge in [0.05, 0.1) is 12.3 Å². The molecule has 9 heteroatoms. The number of nitrogens with zero attached hydrogens (tertiary/aromatic N) is 3. The quantitative estimate of drug-likeness (QED) is 0.407. The summed E-state index contributed by atoms with van der Waals surface area (Å²) in [5, 5.41) is 10.3. The third-order valence-corrected chi connectivity index (χ3v) is 5.36. The van der Waals surface area contributed by atoms with Crippen LogP contribution in [0.1, 0.15) is 64.4 Å². The smallest absolute Gasteiger partial charge is 0.324 e. The number of aromatic nitrogens is 4. The van der Waals surface area contributed by atoms with Gasteiger partial charge in [-0.25, -0.2) is 9.78 Å². The second kappa shape index (κ2) is 10.5. The Balaban J connectivity index is 1.83. The van der Waals surface area contributed by atoms with E-state index in [-0.39, 0.29) is 16.9 Å². The zero-order valence-electron chi connectivity index (χ0n) is 20.8. The third-order valence-electron chi connectivity index (χ3n) is 5.36. The van der Waals surface area contributed by atoms with Crippen molar-refractivity contribution in [3.05, 3.63) is 57.6 Å². The molecule has 3 N–H and O–H groups in total. The summed E-state index contributed by atoms with van der Waals surface area (Å²) in [6.45, 7) is 12.5. The molecule has 1 aromatic carbocycles. The predicted molar refractivity (Wildman–Crippen MR) is 134 cm³/mol. The van der Waals surface area contributed by atoms with Gasteiger partial charge in [0, 0.05) is 28.4 Å². The van der Waals surface area contributed by atoms with Gasteiger partial charge in [-0.1, -0.05) is 41.0 Å². The van der Waals surface area contributed by atoms with Gasteiger partial charge in [-0.15, -0.1) is 0 Å². The lowest BCUT2D eigenvalue weighted by atomic mass is 9.92. The minimum atomic E-state index is -0.439. The fourth-order valence-electron chi connectivity index (χ4n) is 3.36. The van der Waals surface area contributed by atoms with Crippen LogP contribution in [-0.2, 0) is 11.8 Å². The highest BCUT2D eigenvalue weighted by Crippen LogP contribution is 2.26. The molecule has 2 aromatic heterocycles. The Hall–Kier alpha value is -3.62. The lowest BCUT2D eigenvalue weighted by Gasteiger charge is -2.14. The maximum absolute atomic E-state index is 12.8. The van der Waals surface area contributed by atoms with Crippen LogP contribution in [0.25, 0.3) is 5.95 Å². The Bertz CT molecular complexity index is 1190. The van der Waals surface area contributed by atoms with E-state index in [0.29, 0.717) is 35.8 Å². The Morgan fingerprint density at radius 3 is 2.44 bits per heavy atom. The molecule has 182 valence electrons. The van der Waals surface area contributed by atoms with Gasteiger partial charge in [-0.05, 0) is 44.0 Å². The van der Waals surface area contributed by atoms with Crippen LogP contribution in [0.15, 0.2) is 35.1 Å². The highest BCUT2D eigenvalue weighted by molar-refractivity contribution is 5.99. The number of benzene rings is 1. The summed E-state index contributed by atoms with van der Waals surface area (Å²) < 4.78 is 7.12. The van der Waals surface area contributed by atoms with Crippen molar-refractivity contribution in [1.82, 2.24) is 19.7 Å². The molecule has 0 spiro atoms. The molecule has 0 aliphatic rings. The first kappa shape index (κ1) is 25.0. The molecule has 9 nitrogen and oxygen atoms in total. The number of rotatable bonds is 8. The van der Waals surface area contributed by atoms with Crippen LogP contribution >= 0.6 is 0 Å². The van der Waals surface area contributed by atoms with Gasteiger partial charge in [-0.2, -0.15) is 9.78 Å². The molecule has 0 fully saturated rings. The van der Waals surface area contributed by atoms with Crippen molar-refractivity contribution in [2.24, 2.45) is 0 Å². The molecule has 0 saturated heterocycles. The van der Waals surface area contributed by atoms with E-state index in [2.05, 4.69) is 32.6 Å². The summed E-state index contributed by atoms with van der Waals surface area (Å²) >= 11 is 0. The first-order valence-electron chi connectivity index (χ1n) is 11.6. The molecule has 0 aliphatic carbocycles. The van der Waals surface area contributed by atoms with Crippen molar-refractivity contribution in [2.75, 3.05) is 17.2 Å². The molecule has 0 aliphatic heterocycles. The predicted octanol–water partition coefficient (Wildman–Crippen LogP) is 4.95. The fraction of sp³-hybridized carbons (Fsp3) is 0.440. The average molecular weight is 467 g/mol. The van der Waals surface area contributed by atoms with Gasteiger partial charge in [0.2, 0.25) is 5.95 Å². The molecule has 2 amide bonds. The number of amides is 2. The van der Waals surface area contributed by atoms with Gasteiger partial charge >= 0.3 is 6.03 Å². The number of carbonyl (C=O) groups excluding carboxylic acids is 1. The van der Waals surface area contributed by atoms with Crippen LogP contribution in [0.3, 0.4) is 0 Å². The van der Waals surface area contributed by atoms with Crippen molar-refractivity contribution in [3.63, 3.8) is 0 Å². The Labute approximate surface area is 200 Å².